The van der Waals surface area contributed by atoms with Crippen molar-refractivity contribution in [3.05, 3.63) is 23.5 Å². The Morgan fingerprint density at radius 2 is 2.09 bits per heavy atom. The van der Waals surface area contributed by atoms with Gasteiger partial charge in [-0.2, -0.15) is 0 Å². The largest absolute Gasteiger partial charge is 0.412 e. The number of hydrogen-bond acceptors (Lipinski definition) is 3. The molecular formula is C6H9N3O2. The van der Waals surface area contributed by atoms with Crippen molar-refractivity contribution in [2.75, 3.05) is 0 Å². The lowest BCUT2D eigenvalue weighted by Crippen LogP contribution is -2.02. The molecule has 11 heavy (non-hydrogen) atoms. The van der Waals surface area contributed by atoms with Crippen LogP contribution in [0.2, 0.25) is 0 Å². The fraction of sp³-hybridized carbons (Fsp3) is 0.333. The van der Waals surface area contributed by atoms with Gasteiger partial charge in [-0.15, -0.1) is 5.10 Å². The predicted molar refractivity (Wildman–Crippen MR) is 37.4 cm³/mol. The number of nitrogens with zero attached hydrogens (tertiary/aromatic N) is 3. The molecule has 1 aromatic rings. The van der Waals surface area contributed by atoms with E-state index in [1.165, 1.54) is 0 Å². The second-order valence-corrected chi connectivity index (χ2v) is 2.25. The summed E-state index contributed by atoms with van der Waals surface area (Å²) < 4.78 is 0. The molecule has 2 rings (SSSR count). The van der Waals surface area contributed by atoms with Crippen LogP contribution in [-0.4, -0.2) is 25.8 Å². The molecule has 1 aliphatic rings. The van der Waals surface area contributed by atoms with Gasteiger partial charge in [0.15, 0.2) is 0 Å². The molecule has 3 N–H and O–H groups in total. The number of aromatic nitrogens is 3. The van der Waals surface area contributed by atoms with E-state index in [2.05, 4.69) is 10.3 Å². The smallest absolute Gasteiger partial charge is 0.107 e. The number of allylic oxidation sites excluding steroid dienone is 2. The Hall–Kier alpha value is -1.36. The lowest BCUT2D eigenvalue weighted by molar-refractivity contribution is 0.135. The van der Waals surface area contributed by atoms with Gasteiger partial charge in [0, 0.05) is 12.8 Å². The van der Waals surface area contributed by atoms with Crippen LogP contribution in [0.25, 0.3) is 0 Å². The van der Waals surface area contributed by atoms with E-state index in [0.717, 1.165) is 29.1 Å². The van der Waals surface area contributed by atoms with Gasteiger partial charge in [-0.25, -0.2) is 0 Å². The van der Waals surface area contributed by atoms with Crippen LogP contribution in [0.3, 0.4) is 0 Å². The third-order valence-corrected chi connectivity index (χ3v) is 1.61. The third kappa shape index (κ3) is 1.10. The Balaban J connectivity index is 0.000000605. The van der Waals surface area contributed by atoms with E-state index in [1.807, 2.05) is 12.2 Å². The van der Waals surface area contributed by atoms with Crippen LogP contribution in [0.15, 0.2) is 12.2 Å². The molecule has 60 valence electrons. The molecule has 1 aliphatic carbocycles. The Morgan fingerprint density at radius 3 is 2.82 bits per heavy atom. The molecule has 1 heterocycles. The average molecular weight is 155 g/mol. The van der Waals surface area contributed by atoms with Crippen molar-refractivity contribution in [1.82, 2.24) is 15.2 Å². The molecule has 0 bridgehead atoms. The van der Waals surface area contributed by atoms with E-state index in [1.54, 1.807) is 0 Å². The van der Waals surface area contributed by atoms with E-state index in [9.17, 15) is 0 Å². The van der Waals surface area contributed by atoms with Gasteiger partial charge in [0.05, 0.1) is 5.69 Å². The minimum Gasteiger partial charge on any atom is -0.412 e. The normalized spacial score (nSPS) is 13.8. The number of fused-ring (bicyclic) bond motifs is 1. The fourth-order valence-corrected chi connectivity index (χ4v) is 1.07. The molecule has 0 aliphatic heterocycles. The first kappa shape index (κ1) is 7.74. The van der Waals surface area contributed by atoms with E-state index in [0.29, 0.717) is 0 Å². The van der Waals surface area contributed by atoms with Gasteiger partial charge < -0.3 is 10.7 Å². The minimum absolute atomic E-state index is 0. The summed E-state index contributed by atoms with van der Waals surface area (Å²) in [6.45, 7) is 0. The van der Waals surface area contributed by atoms with E-state index in [-0.39, 0.29) is 5.48 Å². The van der Waals surface area contributed by atoms with Crippen LogP contribution in [0.5, 0.6) is 0 Å². The maximum atomic E-state index is 9.01. The lowest BCUT2D eigenvalue weighted by atomic mass is 10.1. The zero-order valence-electron chi connectivity index (χ0n) is 5.86. The van der Waals surface area contributed by atoms with Crippen molar-refractivity contribution in [2.45, 2.75) is 12.8 Å². The number of rotatable bonds is 0. The van der Waals surface area contributed by atoms with Crippen LogP contribution >= 0.6 is 0 Å². The molecular weight excluding hydrogens is 146 g/mol. The fourth-order valence-electron chi connectivity index (χ4n) is 1.07. The second-order valence-electron chi connectivity index (χ2n) is 2.25. The average Bonchev–Trinajstić information content (AvgIpc) is 2.34. The van der Waals surface area contributed by atoms with Gasteiger partial charge in [-0.05, 0) is 5.21 Å². The van der Waals surface area contributed by atoms with Crippen molar-refractivity contribution >= 4 is 0 Å². The first-order chi connectivity index (χ1) is 4.88. The highest BCUT2D eigenvalue weighted by atomic mass is 16.5. The summed E-state index contributed by atoms with van der Waals surface area (Å²) in [7, 11) is 0. The lowest BCUT2D eigenvalue weighted by Gasteiger charge is -2.01. The van der Waals surface area contributed by atoms with Crippen molar-refractivity contribution in [1.29, 1.82) is 0 Å². The molecule has 0 saturated heterocycles. The van der Waals surface area contributed by atoms with Crippen molar-refractivity contribution in [3.8, 4) is 0 Å². The van der Waals surface area contributed by atoms with Crippen LogP contribution in [-0.2, 0) is 12.8 Å². The molecule has 1 aromatic heterocycles. The van der Waals surface area contributed by atoms with Crippen molar-refractivity contribution < 1.29 is 10.7 Å². The van der Waals surface area contributed by atoms with Crippen LogP contribution in [0.1, 0.15) is 11.4 Å². The molecule has 0 radical (unpaired) electrons. The van der Waals surface area contributed by atoms with E-state index in [4.69, 9.17) is 5.21 Å². The van der Waals surface area contributed by atoms with Crippen molar-refractivity contribution in [2.24, 2.45) is 0 Å². The van der Waals surface area contributed by atoms with Gasteiger partial charge in [-0.1, -0.05) is 17.0 Å². The SMILES string of the molecule is O.On1nnc2c1CC=CC2. The Bertz CT molecular complexity index is 279. The predicted octanol–water partition coefficient (Wildman–Crippen LogP) is -0.655. The standard InChI is InChI=1S/C6H7N3O.H2O/c10-9-6-4-2-1-3-5(6)7-8-9;/h1-2,10H,3-4H2;1H2. The molecule has 0 atom stereocenters. The quantitative estimate of drug-likeness (QED) is 0.399. The highest BCUT2D eigenvalue weighted by molar-refractivity contribution is 5.20. The Morgan fingerprint density at radius 1 is 1.36 bits per heavy atom. The molecule has 5 nitrogen and oxygen atoms in total. The van der Waals surface area contributed by atoms with Gasteiger partial charge >= 0.3 is 0 Å². The molecule has 0 spiro atoms. The first-order valence-electron chi connectivity index (χ1n) is 3.15. The molecule has 0 amide bonds. The van der Waals surface area contributed by atoms with Gasteiger partial charge in [-0.3, -0.25) is 0 Å². The summed E-state index contributed by atoms with van der Waals surface area (Å²) in [6, 6.07) is 0. The Labute approximate surface area is 63.2 Å². The third-order valence-electron chi connectivity index (χ3n) is 1.61. The summed E-state index contributed by atoms with van der Waals surface area (Å²) in [6.07, 6.45) is 5.55. The summed E-state index contributed by atoms with van der Waals surface area (Å²) in [5, 5.41) is 16.3. The monoisotopic (exact) mass is 155 g/mol. The van der Waals surface area contributed by atoms with E-state index < -0.39 is 0 Å². The zero-order chi connectivity index (χ0) is 6.97. The summed E-state index contributed by atoms with van der Waals surface area (Å²) >= 11 is 0. The highest BCUT2D eigenvalue weighted by Gasteiger charge is 2.11. The number of hydrogen-bond donors (Lipinski definition) is 1. The second kappa shape index (κ2) is 2.71. The summed E-state index contributed by atoms with van der Waals surface area (Å²) in [4.78, 5) is 0.846. The van der Waals surface area contributed by atoms with Crippen LogP contribution in [0, 0.1) is 0 Å². The maximum Gasteiger partial charge on any atom is 0.107 e. The topological polar surface area (TPSA) is 82.4 Å². The van der Waals surface area contributed by atoms with Crippen molar-refractivity contribution in [3.63, 3.8) is 0 Å². The molecule has 0 unspecified atom stereocenters. The zero-order valence-corrected chi connectivity index (χ0v) is 5.86. The summed E-state index contributed by atoms with van der Waals surface area (Å²) in [5.74, 6) is 0. The molecule has 0 aromatic carbocycles. The van der Waals surface area contributed by atoms with Gasteiger partial charge in [0.25, 0.3) is 0 Å². The van der Waals surface area contributed by atoms with Crippen LogP contribution < -0.4 is 0 Å². The molecule has 0 saturated carbocycles. The maximum absolute atomic E-state index is 9.01. The van der Waals surface area contributed by atoms with Gasteiger partial charge in [0.1, 0.15) is 5.69 Å². The van der Waals surface area contributed by atoms with Gasteiger partial charge in [0.2, 0.25) is 0 Å². The molecule has 5 heteroatoms. The summed E-state index contributed by atoms with van der Waals surface area (Å²) in [5.41, 5.74) is 1.69. The Kier molecular flexibility index (Phi) is 1.91. The van der Waals surface area contributed by atoms with Crippen LogP contribution in [0.4, 0.5) is 0 Å². The molecule has 0 fully saturated rings. The first-order valence-corrected chi connectivity index (χ1v) is 3.15. The highest BCUT2D eigenvalue weighted by Crippen LogP contribution is 2.11. The minimum atomic E-state index is 0. The van der Waals surface area contributed by atoms with E-state index >= 15 is 0 Å².